The third kappa shape index (κ3) is 4.57. The molecule has 2 rings (SSSR count). The number of aromatic nitrogens is 1. The number of Topliss-reactive ketones (excluding diaryl/α,β-unsaturated/α-hetero) is 1. The van der Waals surface area contributed by atoms with Gasteiger partial charge in [0.1, 0.15) is 17.4 Å². The summed E-state index contributed by atoms with van der Waals surface area (Å²) in [4.78, 5) is 15.9. The predicted molar refractivity (Wildman–Crippen MR) is 69.8 cm³/mol. The molecule has 1 aromatic heterocycles. The first-order valence-corrected chi connectivity index (χ1v) is 6.76. The van der Waals surface area contributed by atoms with Crippen LogP contribution in [0.15, 0.2) is 24.3 Å². The molecule has 0 radical (unpaired) electrons. The third-order valence-electron chi connectivity index (χ3n) is 2.48. The summed E-state index contributed by atoms with van der Waals surface area (Å²) in [6.07, 6.45) is -4.25. The average molecular weight is 303 g/mol. The number of benzene rings is 1. The number of rotatable bonds is 6. The van der Waals surface area contributed by atoms with Crippen LogP contribution in [-0.2, 0) is 16.0 Å². The highest BCUT2D eigenvalue weighted by atomic mass is 32.1. The van der Waals surface area contributed by atoms with Crippen LogP contribution in [-0.4, -0.2) is 30.2 Å². The van der Waals surface area contributed by atoms with E-state index in [0.717, 1.165) is 10.2 Å². The van der Waals surface area contributed by atoms with Crippen molar-refractivity contribution in [2.45, 2.75) is 19.0 Å². The SMILES string of the molecule is O=C(CCOCC(F)(F)F)Cc1nc2ccccc2s1. The number of ether oxygens (including phenoxy) is 1. The van der Waals surface area contributed by atoms with Crippen LogP contribution in [0.4, 0.5) is 13.2 Å². The van der Waals surface area contributed by atoms with E-state index >= 15 is 0 Å². The van der Waals surface area contributed by atoms with E-state index in [-0.39, 0.29) is 25.2 Å². The summed E-state index contributed by atoms with van der Waals surface area (Å²) in [5.41, 5.74) is 0.827. The molecule has 0 fully saturated rings. The molecular formula is C13H12F3NO2S. The second kappa shape index (κ2) is 6.32. The van der Waals surface area contributed by atoms with Crippen molar-refractivity contribution >= 4 is 27.3 Å². The van der Waals surface area contributed by atoms with Crippen LogP contribution in [0.2, 0.25) is 0 Å². The molecule has 0 aliphatic heterocycles. The lowest BCUT2D eigenvalue weighted by molar-refractivity contribution is -0.174. The maximum atomic E-state index is 11.8. The van der Waals surface area contributed by atoms with Crippen LogP contribution in [0.25, 0.3) is 10.2 Å². The number of thiazole rings is 1. The van der Waals surface area contributed by atoms with Crippen LogP contribution >= 0.6 is 11.3 Å². The number of hydrogen-bond acceptors (Lipinski definition) is 4. The Morgan fingerprint density at radius 2 is 2.05 bits per heavy atom. The summed E-state index contributed by atoms with van der Waals surface area (Å²) in [5, 5.41) is 0.673. The topological polar surface area (TPSA) is 39.2 Å². The zero-order valence-corrected chi connectivity index (χ0v) is 11.3. The average Bonchev–Trinajstić information content (AvgIpc) is 2.75. The predicted octanol–water partition coefficient (Wildman–Crippen LogP) is 3.38. The number of halogens is 3. The minimum Gasteiger partial charge on any atom is -0.372 e. The summed E-state index contributed by atoms with van der Waals surface area (Å²) < 4.78 is 40.9. The van der Waals surface area contributed by atoms with Crippen LogP contribution in [0.1, 0.15) is 11.4 Å². The van der Waals surface area contributed by atoms with E-state index in [1.807, 2.05) is 24.3 Å². The van der Waals surface area contributed by atoms with Gasteiger partial charge in [-0.25, -0.2) is 4.98 Å². The monoisotopic (exact) mass is 303 g/mol. The fourth-order valence-corrected chi connectivity index (χ4v) is 2.62. The standard InChI is InChI=1S/C13H12F3NO2S/c14-13(15,16)8-19-6-5-9(18)7-12-17-10-3-1-2-4-11(10)20-12/h1-4H,5-8H2. The minimum absolute atomic E-state index is 0.0357. The molecule has 2 aromatic rings. The maximum Gasteiger partial charge on any atom is 0.411 e. The van der Waals surface area contributed by atoms with Crippen molar-refractivity contribution in [3.8, 4) is 0 Å². The molecule has 0 atom stereocenters. The molecule has 0 saturated carbocycles. The molecule has 108 valence electrons. The molecule has 0 aliphatic carbocycles. The Hall–Kier alpha value is -1.47. The van der Waals surface area contributed by atoms with Crippen LogP contribution in [0, 0.1) is 0 Å². The van der Waals surface area contributed by atoms with Crippen molar-refractivity contribution in [2.75, 3.05) is 13.2 Å². The highest BCUT2D eigenvalue weighted by molar-refractivity contribution is 7.18. The first-order chi connectivity index (χ1) is 9.44. The van der Waals surface area contributed by atoms with Gasteiger partial charge in [0.2, 0.25) is 0 Å². The Morgan fingerprint density at radius 3 is 2.75 bits per heavy atom. The Morgan fingerprint density at radius 1 is 1.30 bits per heavy atom. The summed E-state index contributed by atoms with van der Waals surface area (Å²) in [6.45, 7) is -1.54. The summed E-state index contributed by atoms with van der Waals surface area (Å²) in [6, 6.07) is 7.51. The number of carbonyl (C=O) groups excluding carboxylic acids is 1. The fraction of sp³-hybridized carbons (Fsp3) is 0.385. The lowest BCUT2D eigenvalue weighted by Gasteiger charge is -2.06. The zero-order valence-electron chi connectivity index (χ0n) is 10.4. The Balaban J connectivity index is 1.79. The summed E-state index contributed by atoms with van der Waals surface area (Å²) in [5.74, 6) is -0.175. The minimum atomic E-state index is -4.35. The van der Waals surface area contributed by atoms with Gasteiger partial charge in [0.25, 0.3) is 0 Å². The molecule has 0 saturated heterocycles. The normalized spacial score (nSPS) is 11.9. The van der Waals surface area contributed by atoms with E-state index in [1.165, 1.54) is 11.3 Å². The lowest BCUT2D eigenvalue weighted by Crippen LogP contribution is -2.18. The van der Waals surface area contributed by atoms with Crippen molar-refractivity contribution < 1.29 is 22.7 Å². The van der Waals surface area contributed by atoms with Crippen LogP contribution in [0.3, 0.4) is 0 Å². The van der Waals surface area contributed by atoms with Gasteiger partial charge in [0.15, 0.2) is 0 Å². The van der Waals surface area contributed by atoms with Gasteiger partial charge in [-0.1, -0.05) is 12.1 Å². The van der Waals surface area contributed by atoms with E-state index < -0.39 is 12.8 Å². The van der Waals surface area contributed by atoms with Gasteiger partial charge in [0.05, 0.1) is 23.2 Å². The van der Waals surface area contributed by atoms with Crippen molar-refractivity contribution in [2.24, 2.45) is 0 Å². The number of alkyl halides is 3. The molecule has 1 aromatic carbocycles. The van der Waals surface area contributed by atoms with E-state index in [2.05, 4.69) is 9.72 Å². The smallest absolute Gasteiger partial charge is 0.372 e. The molecule has 0 unspecified atom stereocenters. The molecule has 7 heteroatoms. The quantitative estimate of drug-likeness (QED) is 0.768. The maximum absolute atomic E-state index is 11.8. The van der Waals surface area contributed by atoms with Crippen molar-refractivity contribution in [1.29, 1.82) is 0 Å². The highest BCUT2D eigenvalue weighted by Crippen LogP contribution is 2.22. The van der Waals surface area contributed by atoms with Gasteiger partial charge >= 0.3 is 6.18 Å². The van der Waals surface area contributed by atoms with E-state index in [1.54, 1.807) is 0 Å². The molecule has 0 spiro atoms. The van der Waals surface area contributed by atoms with Crippen molar-refractivity contribution in [1.82, 2.24) is 4.98 Å². The second-order valence-corrected chi connectivity index (χ2v) is 5.32. The summed E-state index contributed by atoms with van der Waals surface area (Å²) >= 11 is 1.42. The molecule has 0 bridgehead atoms. The van der Waals surface area contributed by atoms with E-state index in [9.17, 15) is 18.0 Å². The number of para-hydroxylation sites is 1. The Kier molecular flexibility index (Phi) is 4.72. The molecule has 0 N–H and O–H groups in total. The Labute approximate surface area is 117 Å². The molecule has 1 heterocycles. The molecule has 3 nitrogen and oxygen atoms in total. The third-order valence-corrected chi connectivity index (χ3v) is 3.51. The van der Waals surface area contributed by atoms with Crippen LogP contribution < -0.4 is 0 Å². The number of hydrogen-bond donors (Lipinski definition) is 0. The van der Waals surface area contributed by atoms with E-state index in [4.69, 9.17) is 0 Å². The highest BCUT2D eigenvalue weighted by Gasteiger charge is 2.27. The van der Waals surface area contributed by atoms with Gasteiger partial charge in [-0.05, 0) is 12.1 Å². The summed E-state index contributed by atoms with van der Waals surface area (Å²) in [7, 11) is 0. The zero-order chi connectivity index (χ0) is 14.6. The lowest BCUT2D eigenvalue weighted by atomic mass is 10.2. The first-order valence-electron chi connectivity index (χ1n) is 5.95. The number of carbonyl (C=O) groups is 1. The second-order valence-electron chi connectivity index (χ2n) is 4.21. The van der Waals surface area contributed by atoms with Gasteiger partial charge in [-0.3, -0.25) is 4.79 Å². The molecular weight excluding hydrogens is 291 g/mol. The molecule has 0 amide bonds. The molecule has 0 aliphatic rings. The van der Waals surface area contributed by atoms with Crippen molar-refractivity contribution in [3.63, 3.8) is 0 Å². The number of ketones is 1. The fourth-order valence-electron chi connectivity index (χ4n) is 1.63. The van der Waals surface area contributed by atoms with Crippen LogP contribution in [0.5, 0.6) is 0 Å². The van der Waals surface area contributed by atoms with Gasteiger partial charge < -0.3 is 4.74 Å². The number of nitrogens with zero attached hydrogens (tertiary/aromatic N) is 1. The first kappa shape index (κ1) is 14.9. The van der Waals surface area contributed by atoms with Crippen molar-refractivity contribution in [3.05, 3.63) is 29.3 Å². The largest absolute Gasteiger partial charge is 0.411 e. The van der Waals surface area contributed by atoms with Gasteiger partial charge in [-0.2, -0.15) is 13.2 Å². The van der Waals surface area contributed by atoms with Gasteiger partial charge in [0, 0.05) is 6.42 Å². The number of fused-ring (bicyclic) bond motifs is 1. The molecule has 20 heavy (non-hydrogen) atoms. The Bertz CT molecular complexity index is 562. The van der Waals surface area contributed by atoms with E-state index in [0.29, 0.717) is 5.01 Å². The van der Waals surface area contributed by atoms with Gasteiger partial charge in [-0.15, -0.1) is 11.3 Å².